The van der Waals surface area contributed by atoms with Crippen LogP contribution in [0, 0.1) is 11.7 Å². The van der Waals surface area contributed by atoms with Gasteiger partial charge in [-0.05, 0) is 24.5 Å². The van der Waals surface area contributed by atoms with Crippen molar-refractivity contribution in [3.05, 3.63) is 47.4 Å². The van der Waals surface area contributed by atoms with Gasteiger partial charge in [0.2, 0.25) is 10.0 Å². The van der Waals surface area contributed by atoms with E-state index in [-0.39, 0.29) is 16.7 Å². The number of nitrogens with zero attached hydrogens (tertiary/aromatic N) is 5. The second kappa shape index (κ2) is 7.51. The molecule has 0 saturated carbocycles. The molecule has 1 fully saturated rings. The number of piperidine rings is 1. The van der Waals surface area contributed by atoms with Gasteiger partial charge in [0.25, 0.3) is 0 Å². The molecule has 0 aliphatic carbocycles. The second-order valence-corrected chi connectivity index (χ2v) is 9.53. The van der Waals surface area contributed by atoms with Gasteiger partial charge in [-0.2, -0.15) is 9.40 Å². The Labute approximate surface area is 172 Å². The summed E-state index contributed by atoms with van der Waals surface area (Å²) in [6.07, 6.45) is 4.58. The second-order valence-electron chi connectivity index (χ2n) is 7.24. The maximum atomic E-state index is 13.1. The molecule has 2 atom stereocenters. The number of halogens is 2. The minimum absolute atomic E-state index is 0.0159. The molecule has 4 rings (SSSR count). The third-order valence-electron chi connectivity index (χ3n) is 5.21. The topological polar surface area (TPSA) is 96.8 Å². The first kappa shape index (κ1) is 20.0. The Morgan fingerprint density at radius 1 is 1.31 bits per heavy atom. The molecule has 0 unspecified atom stereocenters. The number of nitrogens with one attached hydrogen (secondary N) is 1. The van der Waals surface area contributed by atoms with Crippen LogP contribution in [0.15, 0.2) is 35.6 Å². The Morgan fingerprint density at radius 3 is 2.72 bits per heavy atom. The number of sulfonamides is 1. The summed E-state index contributed by atoms with van der Waals surface area (Å²) in [6.45, 7) is 2.72. The average molecular weight is 439 g/mol. The summed E-state index contributed by atoms with van der Waals surface area (Å²) in [7, 11) is -1.90. The van der Waals surface area contributed by atoms with E-state index in [1.54, 1.807) is 7.05 Å². The molecule has 8 nitrogen and oxygen atoms in total. The van der Waals surface area contributed by atoms with E-state index in [4.69, 9.17) is 11.6 Å². The summed E-state index contributed by atoms with van der Waals surface area (Å²) in [5.41, 5.74) is 1.24. The van der Waals surface area contributed by atoms with E-state index in [0.717, 1.165) is 11.9 Å². The first-order chi connectivity index (χ1) is 13.8. The van der Waals surface area contributed by atoms with Crippen molar-refractivity contribution in [2.24, 2.45) is 13.0 Å². The summed E-state index contributed by atoms with van der Waals surface area (Å²) in [5, 5.41) is 4.28. The highest BCUT2D eigenvalue weighted by atomic mass is 35.5. The van der Waals surface area contributed by atoms with E-state index in [0.29, 0.717) is 36.2 Å². The summed E-state index contributed by atoms with van der Waals surface area (Å²) < 4.78 is 41.8. The van der Waals surface area contributed by atoms with Gasteiger partial charge in [-0.25, -0.2) is 22.8 Å². The van der Waals surface area contributed by atoms with Crippen molar-refractivity contribution in [2.75, 3.05) is 13.1 Å². The van der Waals surface area contributed by atoms with Crippen LogP contribution in [0.25, 0.3) is 11.5 Å². The van der Waals surface area contributed by atoms with Crippen molar-refractivity contribution in [1.82, 2.24) is 29.0 Å². The lowest BCUT2D eigenvalue weighted by atomic mass is 9.86. The highest BCUT2D eigenvalue weighted by molar-refractivity contribution is 7.89. The predicted molar refractivity (Wildman–Crippen MR) is 105 cm³/mol. The Kier molecular flexibility index (Phi) is 5.18. The zero-order valence-corrected chi connectivity index (χ0v) is 17.5. The number of hydrogen-bond donors (Lipinski definition) is 1. The lowest BCUT2D eigenvalue weighted by Gasteiger charge is -2.35. The SMILES string of the molecule is C[C@H]1CN(S(=O)(=O)c2cnn(C)c2)CC[C@H]1c1[nH]c(-c2ccc(F)cn2)nc1Cl. The highest BCUT2D eigenvalue weighted by Gasteiger charge is 2.36. The van der Waals surface area contributed by atoms with E-state index in [2.05, 4.69) is 20.1 Å². The quantitative estimate of drug-likeness (QED) is 0.675. The molecular weight excluding hydrogens is 419 g/mol. The van der Waals surface area contributed by atoms with E-state index < -0.39 is 15.8 Å². The molecule has 1 aliphatic heterocycles. The van der Waals surface area contributed by atoms with E-state index in [1.807, 2.05) is 6.92 Å². The van der Waals surface area contributed by atoms with Crippen molar-refractivity contribution in [3.63, 3.8) is 0 Å². The molecule has 1 aliphatic rings. The van der Waals surface area contributed by atoms with Crippen LogP contribution in [0.5, 0.6) is 0 Å². The van der Waals surface area contributed by atoms with Crippen molar-refractivity contribution < 1.29 is 12.8 Å². The van der Waals surface area contributed by atoms with Crippen LogP contribution in [0.3, 0.4) is 0 Å². The largest absolute Gasteiger partial charge is 0.339 e. The number of imidazole rings is 1. The van der Waals surface area contributed by atoms with Gasteiger partial charge in [-0.15, -0.1) is 0 Å². The van der Waals surface area contributed by atoms with Crippen molar-refractivity contribution in [2.45, 2.75) is 24.2 Å². The van der Waals surface area contributed by atoms with Crippen molar-refractivity contribution >= 4 is 21.6 Å². The fraction of sp³-hybridized carbons (Fsp3) is 0.389. The molecular formula is C18H20ClFN6O2S. The van der Waals surface area contributed by atoms with Crippen LogP contribution in [0.4, 0.5) is 4.39 Å². The third kappa shape index (κ3) is 3.79. The van der Waals surface area contributed by atoms with Gasteiger partial charge >= 0.3 is 0 Å². The number of hydrogen-bond acceptors (Lipinski definition) is 5. The minimum atomic E-state index is -3.59. The minimum Gasteiger partial charge on any atom is -0.339 e. The van der Waals surface area contributed by atoms with Crippen LogP contribution in [0.1, 0.15) is 25.0 Å². The van der Waals surface area contributed by atoms with Gasteiger partial charge in [0.05, 0.1) is 18.1 Å². The molecule has 0 amide bonds. The van der Waals surface area contributed by atoms with Crippen LogP contribution < -0.4 is 0 Å². The Morgan fingerprint density at radius 2 is 2.10 bits per heavy atom. The number of aryl methyl sites for hydroxylation is 1. The molecule has 3 aromatic rings. The summed E-state index contributed by atoms with van der Waals surface area (Å²) in [6, 6.07) is 2.84. The molecule has 0 radical (unpaired) electrons. The monoisotopic (exact) mass is 438 g/mol. The molecule has 0 spiro atoms. The lowest BCUT2D eigenvalue weighted by Crippen LogP contribution is -2.42. The molecule has 0 bridgehead atoms. The van der Waals surface area contributed by atoms with Gasteiger partial charge in [-0.1, -0.05) is 18.5 Å². The average Bonchev–Trinajstić information content (AvgIpc) is 3.28. The molecule has 29 heavy (non-hydrogen) atoms. The maximum absolute atomic E-state index is 13.1. The fourth-order valence-electron chi connectivity index (χ4n) is 3.68. The number of aromatic amines is 1. The van der Waals surface area contributed by atoms with Crippen LogP contribution in [-0.4, -0.2) is 50.5 Å². The van der Waals surface area contributed by atoms with E-state index in [9.17, 15) is 12.8 Å². The van der Waals surface area contributed by atoms with Crippen molar-refractivity contribution in [3.8, 4) is 11.5 Å². The zero-order valence-electron chi connectivity index (χ0n) is 15.9. The lowest BCUT2D eigenvalue weighted by molar-refractivity contribution is 0.246. The smallest absolute Gasteiger partial charge is 0.246 e. The van der Waals surface area contributed by atoms with E-state index in [1.165, 1.54) is 33.5 Å². The first-order valence-electron chi connectivity index (χ1n) is 9.12. The van der Waals surface area contributed by atoms with Crippen LogP contribution in [0.2, 0.25) is 5.15 Å². The van der Waals surface area contributed by atoms with E-state index >= 15 is 0 Å². The molecule has 11 heteroatoms. The molecule has 154 valence electrons. The van der Waals surface area contributed by atoms with Crippen molar-refractivity contribution in [1.29, 1.82) is 0 Å². The Balaban J connectivity index is 1.54. The zero-order chi connectivity index (χ0) is 20.8. The van der Waals surface area contributed by atoms with Gasteiger partial charge < -0.3 is 4.98 Å². The molecule has 3 aromatic heterocycles. The third-order valence-corrected chi connectivity index (χ3v) is 7.32. The fourth-order valence-corrected chi connectivity index (χ4v) is 5.50. The summed E-state index contributed by atoms with van der Waals surface area (Å²) in [4.78, 5) is 11.7. The number of pyridine rings is 1. The van der Waals surface area contributed by atoms with Gasteiger partial charge in [0, 0.05) is 32.3 Å². The molecule has 1 N–H and O–H groups in total. The molecule has 4 heterocycles. The normalized spacial score (nSPS) is 20.8. The van der Waals surface area contributed by atoms with Gasteiger partial charge in [0.15, 0.2) is 11.0 Å². The number of rotatable bonds is 4. The Bertz CT molecular complexity index is 1130. The van der Waals surface area contributed by atoms with Gasteiger partial charge in [-0.3, -0.25) is 4.68 Å². The van der Waals surface area contributed by atoms with Crippen LogP contribution >= 0.6 is 11.6 Å². The summed E-state index contributed by atoms with van der Waals surface area (Å²) >= 11 is 6.36. The Hall–Kier alpha value is -2.30. The van der Waals surface area contributed by atoms with Crippen LogP contribution in [-0.2, 0) is 17.1 Å². The van der Waals surface area contributed by atoms with Gasteiger partial charge in [0.1, 0.15) is 16.4 Å². The highest BCUT2D eigenvalue weighted by Crippen LogP contribution is 2.37. The first-order valence-corrected chi connectivity index (χ1v) is 10.9. The molecule has 1 saturated heterocycles. The standard InChI is InChI=1S/C18H20ClFN6O2S/c1-11-9-26(29(27,28)13-8-22-25(2)10-13)6-5-14(11)16-17(19)24-18(23-16)15-4-3-12(20)7-21-15/h3-4,7-8,10-11,14H,5-6,9H2,1-2H3,(H,23,24)/t11-,14+/m0/s1. The number of aromatic nitrogens is 5. The summed E-state index contributed by atoms with van der Waals surface area (Å²) in [5.74, 6) is 0.0665. The predicted octanol–water partition coefficient (Wildman–Crippen LogP) is 2.81. The molecule has 0 aromatic carbocycles. The maximum Gasteiger partial charge on any atom is 0.246 e. The number of H-pyrrole nitrogens is 1.